The first-order valence-corrected chi connectivity index (χ1v) is 7.35. The molecule has 0 bridgehead atoms. The second-order valence-electron chi connectivity index (χ2n) is 5.08. The van der Waals surface area contributed by atoms with Gasteiger partial charge in [-0.25, -0.2) is 0 Å². The number of benzene rings is 1. The van der Waals surface area contributed by atoms with Gasteiger partial charge in [-0.3, -0.25) is 4.79 Å². The summed E-state index contributed by atoms with van der Waals surface area (Å²) in [6.45, 7) is 7.81. The number of nitrogens with one attached hydrogen (secondary N) is 1. The van der Waals surface area contributed by atoms with Crippen LogP contribution in [0.2, 0.25) is 0 Å². The minimum Gasteiger partial charge on any atom is -0.319 e. The van der Waals surface area contributed by atoms with E-state index in [9.17, 15) is 4.79 Å². The second kappa shape index (κ2) is 4.92. The molecule has 0 atom stereocenters. The van der Waals surface area contributed by atoms with Crippen molar-refractivity contribution in [3.05, 3.63) is 39.7 Å². The van der Waals surface area contributed by atoms with Crippen LogP contribution in [0.4, 0.5) is 5.69 Å². The van der Waals surface area contributed by atoms with Crippen molar-refractivity contribution in [1.82, 2.24) is 19.8 Å². The summed E-state index contributed by atoms with van der Waals surface area (Å²) in [7, 11) is 0. The van der Waals surface area contributed by atoms with E-state index in [4.69, 9.17) is 0 Å². The Morgan fingerprint density at radius 1 is 1.14 bits per heavy atom. The Morgan fingerprint density at radius 2 is 1.81 bits per heavy atom. The van der Waals surface area contributed by atoms with E-state index in [1.807, 2.05) is 32.9 Å². The van der Waals surface area contributed by atoms with Crippen LogP contribution in [-0.4, -0.2) is 25.7 Å². The fourth-order valence-electron chi connectivity index (χ4n) is 2.35. The van der Waals surface area contributed by atoms with Gasteiger partial charge < -0.3 is 5.32 Å². The van der Waals surface area contributed by atoms with Gasteiger partial charge in [-0.15, -0.1) is 15.3 Å². The van der Waals surface area contributed by atoms with Crippen LogP contribution >= 0.6 is 11.3 Å². The van der Waals surface area contributed by atoms with Gasteiger partial charge in [0.1, 0.15) is 0 Å². The number of rotatable bonds is 2. The molecule has 0 saturated carbocycles. The van der Waals surface area contributed by atoms with E-state index in [2.05, 4.69) is 20.6 Å². The Bertz CT molecular complexity index is 825. The summed E-state index contributed by atoms with van der Waals surface area (Å²) in [6, 6.07) is 4.09. The van der Waals surface area contributed by atoms with Crippen molar-refractivity contribution in [2.24, 2.45) is 0 Å². The van der Waals surface area contributed by atoms with Gasteiger partial charge in [0.2, 0.25) is 9.97 Å². The fraction of sp³-hybridized carbons (Fsp3) is 0.286. The minimum absolute atomic E-state index is 0.222. The van der Waals surface area contributed by atoms with Crippen LogP contribution in [0.5, 0.6) is 0 Å². The summed E-state index contributed by atoms with van der Waals surface area (Å²) in [4.78, 5) is 13.0. The molecule has 3 aromatic rings. The normalized spacial score (nSPS) is 11.0. The predicted molar refractivity (Wildman–Crippen MR) is 82.0 cm³/mol. The zero-order valence-electron chi connectivity index (χ0n) is 12.3. The average molecular weight is 301 g/mol. The maximum atomic E-state index is 12.4. The molecular formula is C14H15N5OS. The van der Waals surface area contributed by atoms with Crippen molar-refractivity contribution < 1.29 is 4.79 Å². The molecule has 7 heteroatoms. The molecule has 1 N–H and O–H groups in total. The molecule has 3 rings (SSSR count). The number of carbonyl (C=O) groups excluding carboxylic acids is 1. The SMILES string of the molecule is Cc1cc(C)c(NC(=O)c2nn3c(C)nnc3s2)c(C)c1. The highest BCUT2D eigenvalue weighted by Crippen LogP contribution is 2.23. The zero-order chi connectivity index (χ0) is 15.1. The largest absolute Gasteiger partial charge is 0.319 e. The molecule has 0 aliphatic rings. The van der Waals surface area contributed by atoms with Crippen molar-refractivity contribution in [3.63, 3.8) is 0 Å². The highest BCUT2D eigenvalue weighted by molar-refractivity contribution is 7.18. The molecule has 0 spiro atoms. The van der Waals surface area contributed by atoms with Crippen LogP contribution < -0.4 is 5.32 Å². The molecule has 0 radical (unpaired) electrons. The van der Waals surface area contributed by atoms with E-state index < -0.39 is 0 Å². The van der Waals surface area contributed by atoms with Gasteiger partial charge in [0.15, 0.2) is 5.82 Å². The predicted octanol–water partition coefficient (Wildman–Crippen LogP) is 2.67. The number of aryl methyl sites for hydroxylation is 4. The molecule has 0 unspecified atom stereocenters. The highest BCUT2D eigenvalue weighted by Gasteiger charge is 2.17. The second-order valence-corrected chi connectivity index (χ2v) is 6.03. The third kappa shape index (κ3) is 2.40. The van der Waals surface area contributed by atoms with Crippen LogP contribution in [0.1, 0.15) is 32.3 Å². The third-order valence-electron chi connectivity index (χ3n) is 3.26. The van der Waals surface area contributed by atoms with Crippen LogP contribution in [0.3, 0.4) is 0 Å². The zero-order valence-corrected chi connectivity index (χ0v) is 13.1. The molecular weight excluding hydrogens is 286 g/mol. The van der Waals surface area contributed by atoms with Gasteiger partial charge in [0, 0.05) is 5.69 Å². The quantitative estimate of drug-likeness (QED) is 0.790. The summed E-state index contributed by atoms with van der Waals surface area (Å²) in [6.07, 6.45) is 0. The lowest BCUT2D eigenvalue weighted by Gasteiger charge is -2.11. The summed E-state index contributed by atoms with van der Waals surface area (Å²) >= 11 is 1.23. The first kappa shape index (κ1) is 13.7. The first-order valence-electron chi connectivity index (χ1n) is 6.54. The van der Waals surface area contributed by atoms with E-state index in [0.29, 0.717) is 15.8 Å². The van der Waals surface area contributed by atoms with Gasteiger partial charge in [-0.05, 0) is 38.8 Å². The van der Waals surface area contributed by atoms with Crippen molar-refractivity contribution in [1.29, 1.82) is 0 Å². The van der Waals surface area contributed by atoms with Gasteiger partial charge in [-0.2, -0.15) is 4.52 Å². The van der Waals surface area contributed by atoms with Crippen LogP contribution in [0.15, 0.2) is 12.1 Å². The van der Waals surface area contributed by atoms with Crippen molar-refractivity contribution in [2.45, 2.75) is 27.7 Å². The third-order valence-corrected chi connectivity index (χ3v) is 4.15. The van der Waals surface area contributed by atoms with Crippen molar-refractivity contribution >= 4 is 27.9 Å². The monoisotopic (exact) mass is 301 g/mol. The molecule has 0 aliphatic carbocycles. The lowest BCUT2D eigenvalue weighted by Crippen LogP contribution is -2.14. The number of hydrogen-bond donors (Lipinski definition) is 1. The number of carbonyl (C=O) groups is 1. The number of fused-ring (bicyclic) bond motifs is 1. The van der Waals surface area contributed by atoms with Crippen LogP contribution in [-0.2, 0) is 0 Å². The minimum atomic E-state index is -0.222. The Hall–Kier alpha value is -2.28. The maximum Gasteiger partial charge on any atom is 0.286 e. The van der Waals surface area contributed by atoms with E-state index in [1.54, 1.807) is 11.4 Å². The standard InChI is InChI=1S/C14H15N5OS/c1-7-5-8(2)11(9(3)6-7)15-12(20)13-18-19-10(4)16-17-14(19)21-13/h5-6H,1-4H3,(H,15,20). The highest BCUT2D eigenvalue weighted by atomic mass is 32.1. The smallest absolute Gasteiger partial charge is 0.286 e. The number of anilines is 1. The molecule has 21 heavy (non-hydrogen) atoms. The lowest BCUT2D eigenvalue weighted by atomic mass is 10.1. The fourth-order valence-corrected chi connectivity index (χ4v) is 3.13. The van der Waals surface area contributed by atoms with Gasteiger partial charge in [0.05, 0.1) is 0 Å². The molecule has 2 aromatic heterocycles. The summed E-state index contributed by atoms with van der Waals surface area (Å²) in [5, 5.41) is 15.4. The van der Waals surface area contributed by atoms with Crippen LogP contribution in [0, 0.1) is 27.7 Å². The Balaban J connectivity index is 1.93. The van der Waals surface area contributed by atoms with Crippen molar-refractivity contribution in [3.8, 4) is 0 Å². The summed E-state index contributed by atoms with van der Waals surface area (Å²) in [5.74, 6) is 0.447. The number of nitrogens with zero attached hydrogens (tertiary/aromatic N) is 4. The number of amides is 1. The molecule has 0 fully saturated rings. The molecule has 108 valence electrons. The van der Waals surface area contributed by atoms with Crippen molar-refractivity contribution in [2.75, 3.05) is 5.32 Å². The van der Waals surface area contributed by atoms with Gasteiger partial charge in [0.25, 0.3) is 5.91 Å². The average Bonchev–Trinajstić information content (AvgIpc) is 2.96. The molecule has 6 nitrogen and oxygen atoms in total. The Kier molecular flexibility index (Phi) is 3.21. The van der Waals surface area contributed by atoms with E-state index >= 15 is 0 Å². The first-order chi connectivity index (χ1) is 9.95. The van der Waals surface area contributed by atoms with E-state index in [-0.39, 0.29) is 5.91 Å². The summed E-state index contributed by atoms with van der Waals surface area (Å²) in [5.41, 5.74) is 4.10. The number of hydrogen-bond acceptors (Lipinski definition) is 5. The summed E-state index contributed by atoms with van der Waals surface area (Å²) < 4.78 is 1.58. The van der Waals surface area contributed by atoms with E-state index in [1.165, 1.54) is 16.9 Å². The molecule has 1 aromatic carbocycles. The Morgan fingerprint density at radius 3 is 2.43 bits per heavy atom. The maximum absolute atomic E-state index is 12.4. The molecule has 0 aliphatic heterocycles. The number of aromatic nitrogens is 4. The molecule has 2 heterocycles. The lowest BCUT2D eigenvalue weighted by molar-refractivity contribution is 0.102. The molecule has 1 amide bonds. The topological polar surface area (TPSA) is 72.2 Å². The van der Waals surface area contributed by atoms with Crippen LogP contribution in [0.25, 0.3) is 4.96 Å². The molecule has 0 saturated heterocycles. The van der Waals surface area contributed by atoms with E-state index in [0.717, 1.165) is 16.8 Å². The Labute approximate surface area is 125 Å². The van der Waals surface area contributed by atoms with Gasteiger partial charge >= 0.3 is 0 Å². The van der Waals surface area contributed by atoms with Gasteiger partial charge in [-0.1, -0.05) is 29.0 Å².